The van der Waals surface area contributed by atoms with Crippen molar-refractivity contribution >= 4 is 17.4 Å². The second-order valence-electron chi connectivity index (χ2n) is 10.3. The van der Waals surface area contributed by atoms with Crippen LogP contribution in [0.4, 0.5) is 11.5 Å². The van der Waals surface area contributed by atoms with E-state index in [-0.39, 0.29) is 5.91 Å². The van der Waals surface area contributed by atoms with Crippen molar-refractivity contribution in [2.75, 3.05) is 49.5 Å². The molecule has 2 aromatic rings. The van der Waals surface area contributed by atoms with Crippen LogP contribution in [0.5, 0.6) is 11.6 Å². The molecule has 35 heavy (non-hydrogen) atoms. The molecule has 1 unspecified atom stereocenters. The van der Waals surface area contributed by atoms with Crippen LogP contribution in [0.2, 0.25) is 0 Å². The number of carbonyl (C=O) groups is 1. The molecule has 1 amide bonds. The summed E-state index contributed by atoms with van der Waals surface area (Å²) >= 11 is 0. The van der Waals surface area contributed by atoms with E-state index in [0.717, 1.165) is 74.6 Å². The Morgan fingerprint density at radius 1 is 1.11 bits per heavy atom. The number of carbonyl (C=O) groups excluding carboxylic acids is 1. The number of anilines is 2. The molecule has 3 aliphatic heterocycles. The lowest BCUT2D eigenvalue weighted by molar-refractivity contribution is -0.116. The zero-order chi connectivity index (χ0) is 24.4. The molecule has 1 fully saturated rings. The molecule has 1 atom stereocenters. The summed E-state index contributed by atoms with van der Waals surface area (Å²) in [5, 5.41) is 13.2. The summed E-state index contributed by atoms with van der Waals surface area (Å²) < 4.78 is 12.1. The number of fused-ring (bicyclic) bond motifs is 2. The lowest BCUT2D eigenvalue weighted by atomic mass is 9.90. The predicted octanol–water partition coefficient (Wildman–Crippen LogP) is 3.02. The summed E-state index contributed by atoms with van der Waals surface area (Å²) in [7, 11) is 0. The van der Waals surface area contributed by atoms with Gasteiger partial charge < -0.3 is 24.8 Å². The van der Waals surface area contributed by atoms with Crippen LogP contribution in [-0.2, 0) is 17.6 Å². The van der Waals surface area contributed by atoms with Crippen LogP contribution in [0.25, 0.3) is 0 Å². The fraction of sp³-hybridized carbons (Fsp3) is 0.556. The monoisotopic (exact) mass is 480 g/mol. The average Bonchev–Trinajstić information content (AvgIpc) is 2.84. The highest BCUT2D eigenvalue weighted by molar-refractivity contribution is 5.92. The Morgan fingerprint density at radius 2 is 1.94 bits per heavy atom. The van der Waals surface area contributed by atoms with Gasteiger partial charge in [-0.15, -0.1) is 0 Å². The van der Waals surface area contributed by atoms with Gasteiger partial charge in [-0.05, 0) is 62.9 Å². The number of rotatable bonds is 7. The Hall–Kier alpha value is -2.84. The number of nitrogens with zero attached hydrogens (tertiary/aromatic N) is 3. The molecule has 1 aromatic heterocycles. The normalized spacial score (nSPS) is 21.5. The molecule has 8 nitrogen and oxygen atoms in total. The van der Waals surface area contributed by atoms with Gasteiger partial charge in [-0.2, -0.15) is 4.98 Å². The van der Waals surface area contributed by atoms with E-state index in [1.54, 1.807) is 0 Å². The Balaban J connectivity index is 1.06. The number of hydrogen-bond acceptors (Lipinski definition) is 7. The number of para-hydroxylation sites is 1. The number of nitrogens with one attached hydrogen (secondary N) is 1. The number of unbranched alkanes of at least 4 members (excludes halogenated alkanes) is 1. The molecule has 5 rings (SSSR count). The van der Waals surface area contributed by atoms with Crippen molar-refractivity contribution in [2.45, 2.75) is 57.7 Å². The number of piperazine rings is 1. The van der Waals surface area contributed by atoms with Crippen molar-refractivity contribution in [1.29, 1.82) is 0 Å². The summed E-state index contributed by atoms with van der Waals surface area (Å²) in [6.07, 6.45) is 3.43. The van der Waals surface area contributed by atoms with E-state index in [9.17, 15) is 9.90 Å². The molecule has 8 heteroatoms. The van der Waals surface area contributed by atoms with E-state index in [1.165, 1.54) is 0 Å². The number of hydrogen-bond donors (Lipinski definition) is 2. The molecular weight excluding hydrogens is 444 g/mol. The van der Waals surface area contributed by atoms with Crippen molar-refractivity contribution in [3.05, 3.63) is 41.5 Å². The first-order valence-electron chi connectivity index (χ1n) is 12.8. The number of ether oxygens (including phenoxy) is 2. The van der Waals surface area contributed by atoms with Crippen LogP contribution >= 0.6 is 0 Å². The van der Waals surface area contributed by atoms with Crippen molar-refractivity contribution in [1.82, 2.24) is 9.88 Å². The van der Waals surface area contributed by atoms with Gasteiger partial charge >= 0.3 is 0 Å². The zero-order valence-corrected chi connectivity index (χ0v) is 20.8. The maximum Gasteiger partial charge on any atom is 0.225 e. The molecule has 0 bridgehead atoms. The number of amides is 1. The van der Waals surface area contributed by atoms with Gasteiger partial charge in [-0.3, -0.25) is 9.69 Å². The molecule has 1 saturated heterocycles. The number of pyridine rings is 1. The van der Waals surface area contributed by atoms with E-state index in [2.05, 4.69) is 38.3 Å². The Morgan fingerprint density at radius 3 is 2.77 bits per heavy atom. The second-order valence-corrected chi connectivity index (χ2v) is 10.3. The molecule has 1 aromatic carbocycles. The fourth-order valence-electron chi connectivity index (χ4n) is 5.01. The van der Waals surface area contributed by atoms with Crippen LogP contribution < -0.4 is 19.7 Å². The summed E-state index contributed by atoms with van der Waals surface area (Å²) in [5.74, 6) is 2.17. The van der Waals surface area contributed by atoms with Crippen molar-refractivity contribution in [3.8, 4) is 11.6 Å². The van der Waals surface area contributed by atoms with Gasteiger partial charge in [0.05, 0.1) is 18.4 Å². The van der Waals surface area contributed by atoms with Crippen molar-refractivity contribution < 1.29 is 19.4 Å². The second kappa shape index (κ2) is 10.0. The van der Waals surface area contributed by atoms with E-state index in [1.807, 2.05) is 26.0 Å². The minimum Gasteiger partial charge on any atom is -0.483 e. The molecule has 188 valence electrons. The molecule has 0 aliphatic carbocycles. The highest BCUT2D eigenvalue weighted by atomic mass is 16.5. The number of benzene rings is 1. The molecule has 3 aliphatic rings. The standard InChI is InChI=1S/C27H36N4O4/c1-27(2)22(32)18-20-6-5-7-21(25(20)35-27)31-15-13-30(14-16-31)12-3-4-17-34-24-11-9-19-8-10-23(33)28-26(19)29-24/h5-7,9,11,22,32H,3-4,8,10,12-18H2,1-2H3,(H,28,29,33). The smallest absolute Gasteiger partial charge is 0.225 e. The van der Waals surface area contributed by atoms with Crippen LogP contribution in [-0.4, -0.2) is 71.9 Å². The Bertz CT molecular complexity index is 1070. The average molecular weight is 481 g/mol. The van der Waals surface area contributed by atoms with Crippen LogP contribution in [0.1, 0.15) is 44.2 Å². The Kier molecular flexibility index (Phi) is 6.84. The zero-order valence-electron chi connectivity index (χ0n) is 20.8. The van der Waals surface area contributed by atoms with Gasteiger partial charge in [0.1, 0.15) is 17.2 Å². The molecular formula is C27H36N4O4. The topological polar surface area (TPSA) is 87.2 Å². The number of aromatic nitrogens is 1. The van der Waals surface area contributed by atoms with Gasteiger partial charge in [-0.25, -0.2) is 0 Å². The van der Waals surface area contributed by atoms with E-state index in [0.29, 0.717) is 31.1 Å². The number of aliphatic hydroxyl groups is 1. The van der Waals surface area contributed by atoms with Crippen LogP contribution in [0.3, 0.4) is 0 Å². The highest BCUT2D eigenvalue weighted by Gasteiger charge is 2.37. The summed E-state index contributed by atoms with van der Waals surface area (Å²) in [4.78, 5) is 20.9. The third kappa shape index (κ3) is 5.38. The number of aliphatic hydroxyl groups excluding tert-OH is 1. The molecule has 0 spiro atoms. The minimum atomic E-state index is -0.574. The summed E-state index contributed by atoms with van der Waals surface area (Å²) in [6.45, 7) is 9.54. The predicted molar refractivity (Wildman–Crippen MR) is 135 cm³/mol. The van der Waals surface area contributed by atoms with E-state index in [4.69, 9.17) is 9.47 Å². The maximum absolute atomic E-state index is 11.6. The van der Waals surface area contributed by atoms with E-state index < -0.39 is 11.7 Å². The van der Waals surface area contributed by atoms with Crippen molar-refractivity contribution in [3.63, 3.8) is 0 Å². The lowest BCUT2D eigenvalue weighted by Gasteiger charge is -2.41. The molecule has 2 N–H and O–H groups in total. The van der Waals surface area contributed by atoms with Gasteiger partial charge in [0.15, 0.2) is 0 Å². The van der Waals surface area contributed by atoms with Crippen LogP contribution in [0, 0.1) is 0 Å². The van der Waals surface area contributed by atoms with Gasteiger partial charge in [0.2, 0.25) is 11.8 Å². The SMILES string of the molecule is CC1(C)Oc2c(cccc2N2CCN(CCCCOc3ccc4c(n3)NC(=O)CC4)CC2)CC1O. The summed E-state index contributed by atoms with van der Waals surface area (Å²) in [5.41, 5.74) is 2.73. The first-order valence-corrected chi connectivity index (χ1v) is 12.8. The minimum absolute atomic E-state index is 0.0181. The van der Waals surface area contributed by atoms with Crippen molar-refractivity contribution in [2.24, 2.45) is 0 Å². The highest BCUT2D eigenvalue weighted by Crippen LogP contribution is 2.40. The first kappa shape index (κ1) is 23.9. The third-order valence-electron chi connectivity index (χ3n) is 7.32. The van der Waals surface area contributed by atoms with Crippen LogP contribution in [0.15, 0.2) is 30.3 Å². The van der Waals surface area contributed by atoms with Gasteiger partial charge in [0, 0.05) is 45.1 Å². The molecule has 0 radical (unpaired) electrons. The van der Waals surface area contributed by atoms with Gasteiger partial charge in [0.25, 0.3) is 0 Å². The molecule has 0 saturated carbocycles. The first-order chi connectivity index (χ1) is 16.9. The fourth-order valence-corrected chi connectivity index (χ4v) is 5.01. The summed E-state index contributed by atoms with van der Waals surface area (Å²) in [6, 6.07) is 10.2. The maximum atomic E-state index is 11.6. The van der Waals surface area contributed by atoms with Gasteiger partial charge in [-0.1, -0.05) is 12.1 Å². The quantitative estimate of drug-likeness (QED) is 0.589. The Labute approximate surface area is 207 Å². The third-order valence-corrected chi connectivity index (χ3v) is 7.32. The van der Waals surface area contributed by atoms with E-state index >= 15 is 0 Å². The lowest BCUT2D eigenvalue weighted by Crippen LogP contribution is -2.49. The number of aryl methyl sites for hydroxylation is 1. The molecule has 4 heterocycles. The largest absolute Gasteiger partial charge is 0.483 e.